The minimum atomic E-state index is -0.319. The van der Waals surface area contributed by atoms with Crippen molar-refractivity contribution in [2.24, 2.45) is 0 Å². The van der Waals surface area contributed by atoms with Crippen LogP contribution >= 0.6 is 11.6 Å². The number of hydrogen-bond donors (Lipinski definition) is 0. The molecule has 1 rings (SSSR count). The molecule has 1 fully saturated rings. The average molecular weight is 205 g/mol. The van der Waals surface area contributed by atoms with Gasteiger partial charge in [0.15, 0.2) is 0 Å². The third-order valence-corrected chi connectivity index (χ3v) is 3.41. The van der Waals surface area contributed by atoms with E-state index in [0.29, 0.717) is 0 Å². The molecule has 3 nitrogen and oxygen atoms in total. The Morgan fingerprint density at radius 1 is 1.38 bits per heavy atom. The van der Waals surface area contributed by atoms with Crippen molar-refractivity contribution in [3.63, 3.8) is 0 Å². The van der Waals surface area contributed by atoms with Crippen LogP contribution < -0.4 is 0 Å². The van der Waals surface area contributed by atoms with Gasteiger partial charge in [-0.2, -0.15) is 0 Å². The van der Waals surface area contributed by atoms with E-state index in [2.05, 4.69) is 25.9 Å². The maximum absolute atomic E-state index is 10.9. The topological polar surface area (TPSA) is 23.6 Å². The molecule has 13 heavy (non-hydrogen) atoms. The van der Waals surface area contributed by atoms with Crippen LogP contribution in [0.25, 0.3) is 0 Å². The maximum atomic E-state index is 10.9. The smallest absolute Gasteiger partial charge is 0.316 e. The predicted molar refractivity (Wildman–Crippen MR) is 54.1 cm³/mol. The van der Waals surface area contributed by atoms with Crippen LogP contribution in [0.15, 0.2) is 0 Å². The van der Waals surface area contributed by atoms with Crippen LogP contribution in [-0.4, -0.2) is 47.9 Å². The first-order valence-electron chi connectivity index (χ1n) is 4.57. The highest BCUT2D eigenvalue weighted by Crippen LogP contribution is 2.26. The molecule has 1 aliphatic heterocycles. The van der Waals surface area contributed by atoms with Crippen molar-refractivity contribution in [1.29, 1.82) is 0 Å². The molecule has 0 spiro atoms. The molecular weight excluding hydrogens is 188 g/mol. The third-order valence-electron chi connectivity index (χ3n) is 3.17. The van der Waals surface area contributed by atoms with Gasteiger partial charge in [0.05, 0.1) is 0 Å². The molecule has 0 aromatic rings. The summed E-state index contributed by atoms with van der Waals surface area (Å²) in [5, 5.41) is -0.319. The second-order valence-corrected chi connectivity index (χ2v) is 4.45. The molecule has 1 amide bonds. The van der Waals surface area contributed by atoms with Crippen LogP contribution in [0, 0.1) is 0 Å². The molecule has 0 saturated carbocycles. The lowest BCUT2D eigenvalue weighted by Gasteiger charge is -2.43. The lowest BCUT2D eigenvalue weighted by atomic mass is 9.89. The molecule has 0 N–H and O–H groups in total. The number of carbonyl (C=O) groups is 1. The Labute approximate surface area is 84.6 Å². The van der Waals surface area contributed by atoms with E-state index < -0.39 is 0 Å². The van der Waals surface area contributed by atoms with E-state index in [4.69, 9.17) is 11.6 Å². The quantitative estimate of drug-likeness (QED) is 0.480. The molecule has 0 bridgehead atoms. The van der Waals surface area contributed by atoms with Gasteiger partial charge in [0.25, 0.3) is 0 Å². The van der Waals surface area contributed by atoms with Crippen LogP contribution in [0.2, 0.25) is 0 Å². The molecule has 1 aliphatic rings. The fraction of sp³-hybridized carbons (Fsp3) is 0.889. The van der Waals surface area contributed by atoms with Crippen LogP contribution in [0.3, 0.4) is 0 Å². The number of carbonyl (C=O) groups excluding carboxylic acids is 1. The van der Waals surface area contributed by atoms with E-state index in [1.165, 1.54) is 0 Å². The van der Waals surface area contributed by atoms with Gasteiger partial charge in [-0.1, -0.05) is 0 Å². The SMILES string of the molecule is CN(C)C1(C)CCN(C(=O)Cl)CC1. The average Bonchev–Trinajstić information content (AvgIpc) is 2.04. The predicted octanol–water partition coefficient (Wildman–Crippen LogP) is 1.76. The molecule has 76 valence electrons. The molecule has 0 radical (unpaired) electrons. The van der Waals surface area contributed by atoms with Crippen LogP contribution in [0.5, 0.6) is 0 Å². The lowest BCUT2D eigenvalue weighted by Crippen LogP contribution is -2.51. The zero-order valence-electron chi connectivity index (χ0n) is 8.51. The first-order chi connectivity index (χ1) is 5.96. The molecule has 1 saturated heterocycles. The van der Waals surface area contributed by atoms with Gasteiger partial charge in [-0.15, -0.1) is 0 Å². The Morgan fingerprint density at radius 2 is 1.85 bits per heavy atom. The Morgan fingerprint density at radius 3 is 2.15 bits per heavy atom. The van der Waals surface area contributed by atoms with Gasteiger partial charge >= 0.3 is 5.37 Å². The standard InChI is InChI=1S/C9H17ClN2O/c1-9(11(2)3)4-6-12(7-5-9)8(10)13/h4-7H2,1-3H3. The van der Waals surface area contributed by atoms with Gasteiger partial charge in [0.1, 0.15) is 0 Å². The van der Waals surface area contributed by atoms with E-state index in [0.717, 1.165) is 25.9 Å². The van der Waals surface area contributed by atoms with Crippen molar-refractivity contribution in [1.82, 2.24) is 9.80 Å². The fourth-order valence-electron chi connectivity index (χ4n) is 1.61. The minimum absolute atomic E-state index is 0.225. The summed E-state index contributed by atoms with van der Waals surface area (Å²) in [5.74, 6) is 0. The van der Waals surface area contributed by atoms with Crippen molar-refractivity contribution in [2.45, 2.75) is 25.3 Å². The highest BCUT2D eigenvalue weighted by atomic mass is 35.5. The largest absolute Gasteiger partial charge is 0.329 e. The number of rotatable bonds is 1. The first kappa shape index (κ1) is 10.8. The maximum Gasteiger partial charge on any atom is 0.316 e. The Kier molecular flexibility index (Phi) is 3.19. The summed E-state index contributed by atoms with van der Waals surface area (Å²) in [4.78, 5) is 14.8. The van der Waals surface area contributed by atoms with E-state index >= 15 is 0 Å². The summed E-state index contributed by atoms with van der Waals surface area (Å²) < 4.78 is 0. The molecule has 0 aromatic heterocycles. The zero-order valence-corrected chi connectivity index (χ0v) is 9.26. The molecule has 1 heterocycles. The van der Waals surface area contributed by atoms with Gasteiger partial charge in [0, 0.05) is 18.6 Å². The minimum Gasteiger partial charge on any atom is -0.329 e. The van der Waals surface area contributed by atoms with Crippen molar-refractivity contribution >= 4 is 17.0 Å². The normalized spacial score (nSPS) is 22.1. The van der Waals surface area contributed by atoms with Gasteiger partial charge in [0.2, 0.25) is 0 Å². The van der Waals surface area contributed by atoms with Crippen LogP contribution in [0.4, 0.5) is 4.79 Å². The van der Waals surface area contributed by atoms with Gasteiger partial charge in [-0.25, -0.2) is 0 Å². The molecule has 4 heteroatoms. The number of amides is 1. The van der Waals surface area contributed by atoms with Crippen molar-refractivity contribution in [2.75, 3.05) is 27.2 Å². The van der Waals surface area contributed by atoms with Crippen molar-refractivity contribution in [3.05, 3.63) is 0 Å². The molecule has 0 atom stereocenters. The van der Waals surface area contributed by atoms with Crippen LogP contribution in [0.1, 0.15) is 19.8 Å². The number of likely N-dealkylation sites (tertiary alicyclic amines) is 1. The van der Waals surface area contributed by atoms with Gasteiger partial charge < -0.3 is 9.80 Å². The summed E-state index contributed by atoms with van der Waals surface area (Å²) in [6, 6.07) is 0. The summed E-state index contributed by atoms with van der Waals surface area (Å²) in [6.07, 6.45) is 2.00. The molecule has 0 aliphatic carbocycles. The summed E-state index contributed by atoms with van der Waals surface area (Å²) in [5.41, 5.74) is 0.225. The second kappa shape index (κ2) is 3.84. The summed E-state index contributed by atoms with van der Waals surface area (Å²) >= 11 is 5.40. The van der Waals surface area contributed by atoms with E-state index in [-0.39, 0.29) is 10.9 Å². The monoisotopic (exact) mass is 204 g/mol. The van der Waals surface area contributed by atoms with Crippen molar-refractivity contribution < 1.29 is 4.79 Å². The Bertz CT molecular complexity index is 198. The van der Waals surface area contributed by atoms with Crippen molar-refractivity contribution in [3.8, 4) is 0 Å². The Balaban J connectivity index is 2.51. The molecule has 0 unspecified atom stereocenters. The summed E-state index contributed by atoms with van der Waals surface area (Å²) in [6.45, 7) is 3.77. The van der Waals surface area contributed by atoms with Gasteiger partial charge in [-0.05, 0) is 45.5 Å². The van der Waals surface area contributed by atoms with E-state index in [9.17, 15) is 4.79 Å². The fourth-order valence-corrected chi connectivity index (χ4v) is 1.78. The summed E-state index contributed by atoms with van der Waals surface area (Å²) in [7, 11) is 4.16. The second-order valence-electron chi connectivity index (χ2n) is 4.13. The Hall–Kier alpha value is -0.280. The molecule has 0 aromatic carbocycles. The third kappa shape index (κ3) is 2.35. The number of hydrogen-bond acceptors (Lipinski definition) is 2. The highest BCUT2D eigenvalue weighted by Gasteiger charge is 2.32. The number of piperidine rings is 1. The van der Waals surface area contributed by atoms with E-state index in [1.807, 2.05) is 0 Å². The highest BCUT2D eigenvalue weighted by molar-refractivity contribution is 6.62. The van der Waals surface area contributed by atoms with Gasteiger partial charge in [-0.3, -0.25) is 4.79 Å². The first-order valence-corrected chi connectivity index (χ1v) is 4.95. The van der Waals surface area contributed by atoms with Crippen LogP contribution in [-0.2, 0) is 0 Å². The molecular formula is C9H17ClN2O. The lowest BCUT2D eigenvalue weighted by molar-refractivity contribution is 0.0888. The number of halogens is 1. The zero-order chi connectivity index (χ0) is 10.1. The number of nitrogens with zero attached hydrogens (tertiary/aromatic N) is 2. The van der Waals surface area contributed by atoms with E-state index in [1.54, 1.807) is 4.90 Å².